The maximum atomic E-state index is 5.75. The molecule has 0 aromatic heterocycles. The average Bonchev–Trinajstić information content (AvgIpc) is 2.28. The summed E-state index contributed by atoms with van der Waals surface area (Å²) in [5, 5.41) is 0. The summed E-state index contributed by atoms with van der Waals surface area (Å²) in [6.45, 7) is 6.16. The van der Waals surface area contributed by atoms with Crippen molar-refractivity contribution < 1.29 is 4.74 Å². The van der Waals surface area contributed by atoms with E-state index in [1.165, 1.54) is 18.4 Å². The Morgan fingerprint density at radius 3 is 2.31 bits per heavy atom. The molecule has 0 saturated heterocycles. The minimum atomic E-state index is 0.0553. The molecule has 0 heterocycles. The lowest BCUT2D eigenvalue weighted by atomic mass is 10.1. The van der Waals surface area contributed by atoms with Crippen molar-refractivity contribution in [3.05, 3.63) is 29.8 Å². The van der Waals surface area contributed by atoms with Crippen LogP contribution in [-0.2, 0) is 6.42 Å². The average molecular weight is 221 g/mol. The van der Waals surface area contributed by atoms with Gasteiger partial charge in [0.15, 0.2) is 0 Å². The molecular formula is C14H23NO. The molecule has 0 radical (unpaired) electrons. The number of rotatable bonds is 6. The smallest absolute Gasteiger partial charge is 0.119 e. The Hall–Kier alpha value is -1.02. The Kier molecular flexibility index (Phi) is 5.33. The summed E-state index contributed by atoms with van der Waals surface area (Å²) < 4.78 is 5.71. The fourth-order valence-corrected chi connectivity index (χ4v) is 1.44. The van der Waals surface area contributed by atoms with Gasteiger partial charge >= 0.3 is 0 Å². The molecular weight excluding hydrogens is 198 g/mol. The highest BCUT2D eigenvalue weighted by atomic mass is 16.5. The normalized spacial score (nSPS) is 14.5. The Bertz CT molecular complexity index is 292. The lowest BCUT2D eigenvalue weighted by molar-refractivity contribution is 0.196. The van der Waals surface area contributed by atoms with Crippen molar-refractivity contribution in [2.75, 3.05) is 0 Å². The van der Waals surface area contributed by atoms with Gasteiger partial charge in [-0.15, -0.1) is 0 Å². The van der Waals surface area contributed by atoms with Gasteiger partial charge in [-0.05, 0) is 44.4 Å². The van der Waals surface area contributed by atoms with Crippen molar-refractivity contribution >= 4 is 0 Å². The highest BCUT2D eigenvalue weighted by Gasteiger charge is 2.08. The molecule has 0 spiro atoms. The Morgan fingerprint density at radius 1 is 1.19 bits per heavy atom. The number of nitrogens with two attached hydrogens (primary N) is 1. The van der Waals surface area contributed by atoms with Gasteiger partial charge in [0, 0.05) is 6.04 Å². The third-order valence-corrected chi connectivity index (χ3v) is 2.80. The van der Waals surface area contributed by atoms with E-state index in [1.54, 1.807) is 0 Å². The Balaban J connectivity index is 2.51. The van der Waals surface area contributed by atoms with Crippen LogP contribution in [0.15, 0.2) is 24.3 Å². The second-order valence-electron chi connectivity index (χ2n) is 4.43. The molecule has 0 amide bonds. The van der Waals surface area contributed by atoms with Gasteiger partial charge in [-0.25, -0.2) is 0 Å². The molecule has 2 atom stereocenters. The summed E-state index contributed by atoms with van der Waals surface area (Å²) in [7, 11) is 0. The third kappa shape index (κ3) is 4.23. The van der Waals surface area contributed by atoms with E-state index in [1.807, 2.05) is 26.0 Å². The predicted octanol–water partition coefficient (Wildman–Crippen LogP) is 3.14. The van der Waals surface area contributed by atoms with E-state index < -0.39 is 0 Å². The van der Waals surface area contributed by atoms with Crippen LogP contribution in [0.25, 0.3) is 0 Å². The molecule has 0 fully saturated rings. The van der Waals surface area contributed by atoms with Gasteiger partial charge in [-0.1, -0.05) is 25.5 Å². The van der Waals surface area contributed by atoms with E-state index in [4.69, 9.17) is 10.5 Å². The van der Waals surface area contributed by atoms with E-state index in [0.29, 0.717) is 0 Å². The van der Waals surface area contributed by atoms with Crippen LogP contribution in [0.4, 0.5) is 0 Å². The largest absolute Gasteiger partial charge is 0.489 e. The molecule has 1 aromatic carbocycles. The number of benzene rings is 1. The SMILES string of the molecule is CCCCc1ccc(OC(C)C(C)N)cc1. The molecule has 0 aliphatic heterocycles. The van der Waals surface area contributed by atoms with Crippen LogP contribution < -0.4 is 10.5 Å². The Morgan fingerprint density at radius 2 is 1.81 bits per heavy atom. The zero-order valence-corrected chi connectivity index (χ0v) is 10.6. The number of aryl methyl sites for hydroxylation is 1. The van der Waals surface area contributed by atoms with Crippen LogP contribution in [-0.4, -0.2) is 12.1 Å². The van der Waals surface area contributed by atoms with Crippen LogP contribution >= 0.6 is 0 Å². The quantitative estimate of drug-likeness (QED) is 0.801. The molecule has 0 aliphatic carbocycles. The molecule has 2 nitrogen and oxygen atoms in total. The number of unbranched alkanes of at least 4 members (excludes halogenated alkanes) is 1. The molecule has 0 bridgehead atoms. The van der Waals surface area contributed by atoms with Crippen molar-refractivity contribution in [2.24, 2.45) is 5.73 Å². The van der Waals surface area contributed by atoms with E-state index in [-0.39, 0.29) is 12.1 Å². The summed E-state index contributed by atoms with van der Waals surface area (Å²) in [5.41, 5.74) is 7.13. The lowest BCUT2D eigenvalue weighted by Crippen LogP contribution is -2.33. The van der Waals surface area contributed by atoms with Gasteiger partial charge in [-0.3, -0.25) is 0 Å². The van der Waals surface area contributed by atoms with Crippen LogP contribution in [0.2, 0.25) is 0 Å². The maximum Gasteiger partial charge on any atom is 0.119 e. The molecule has 0 saturated carbocycles. The Labute approximate surface area is 98.8 Å². The second kappa shape index (κ2) is 6.54. The van der Waals surface area contributed by atoms with E-state index in [2.05, 4.69) is 19.1 Å². The van der Waals surface area contributed by atoms with Gasteiger partial charge in [0.1, 0.15) is 11.9 Å². The van der Waals surface area contributed by atoms with Gasteiger partial charge in [0.05, 0.1) is 0 Å². The molecule has 2 unspecified atom stereocenters. The lowest BCUT2D eigenvalue weighted by Gasteiger charge is -2.18. The number of hydrogen-bond donors (Lipinski definition) is 1. The molecule has 0 aliphatic rings. The van der Waals surface area contributed by atoms with Crippen molar-refractivity contribution in [2.45, 2.75) is 52.2 Å². The fourth-order valence-electron chi connectivity index (χ4n) is 1.44. The number of hydrogen-bond acceptors (Lipinski definition) is 2. The number of ether oxygens (including phenoxy) is 1. The first-order chi connectivity index (χ1) is 7.63. The molecule has 1 rings (SSSR count). The molecule has 1 aromatic rings. The minimum Gasteiger partial charge on any atom is -0.489 e. The molecule has 16 heavy (non-hydrogen) atoms. The summed E-state index contributed by atoms with van der Waals surface area (Å²) in [6, 6.07) is 8.39. The minimum absolute atomic E-state index is 0.0553. The van der Waals surface area contributed by atoms with Crippen molar-refractivity contribution in [3.63, 3.8) is 0 Å². The van der Waals surface area contributed by atoms with Crippen LogP contribution in [0.3, 0.4) is 0 Å². The molecule has 2 N–H and O–H groups in total. The zero-order chi connectivity index (χ0) is 12.0. The summed E-state index contributed by atoms with van der Waals surface area (Å²) in [4.78, 5) is 0. The van der Waals surface area contributed by atoms with Gasteiger partial charge < -0.3 is 10.5 Å². The summed E-state index contributed by atoms with van der Waals surface area (Å²) in [6.07, 6.45) is 3.69. The highest BCUT2D eigenvalue weighted by Crippen LogP contribution is 2.15. The monoisotopic (exact) mass is 221 g/mol. The standard InChI is InChI=1S/C14H23NO/c1-4-5-6-13-7-9-14(10-8-13)16-12(3)11(2)15/h7-12H,4-6,15H2,1-3H3. The first kappa shape index (κ1) is 13.0. The first-order valence-corrected chi connectivity index (χ1v) is 6.14. The van der Waals surface area contributed by atoms with E-state index in [9.17, 15) is 0 Å². The maximum absolute atomic E-state index is 5.75. The topological polar surface area (TPSA) is 35.2 Å². The van der Waals surface area contributed by atoms with Crippen LogP contribution in [0.1, 0.15) is 39.2 Å². The van der Waals surface area contributed by atoms with Gasteiger partial charge in [-0.2, -0.15) is 0 Å². The summed E-state index contributed by atoms with van der Waals surface area (Å²) in [5.74, 6) is 0.907. The fraction of sp³-hybridized carbons (Fsp3) is 0.571. The molecule has 90 valence electrons. The first-order valence-electron chi connectivity index (χ1n) is 6.14. The van der Waals surface area contributed by atoms with Crippen molar-refractivity contribution in [1.82, 2.24) is 0 Å². The molecule has 2 heteroatoms. The van der Waals surface area contributed by atoms with Crippen molar-refractivity contribution in [3.8, 4) is 5.75 Å². The third-order valence-electron chi connectivity index (χ3n) is 2.80. The van der Waals surface area contributed by atoms with E-state index in [0.717, 1.165) is 12.2 Å². The second-order valence-corrected chi connectivity index (χ2v) is 4.43. The van der Waals surface area contributed by atoms with Gasteiger partial charge in [0.2, 0.25) is 0 Å². The highest BCUT2D eigenvalue weighted by molar-refractivity contribution is 5.27. The summed E-state index contributed by atoms with van der Waals surface area (Å²) >= 11 is 0. The van der Waals surface area contributed by atoms with Crippen LogP contribution in [0, 0.1) is 0 Å². The van der Waals surface area contributed by atoms with Gasteiger partial charge in [0.25, 0.3) is 0 Å². The zero-order valence-electron chi connectivity index (χ0n) is 10.6. The predicted molar refractivity (Wildman–Crippen MR) is 68.8 cm³/mol. The van der Waals surface area contributed by atoms with Crippen molar-refractivity contribution in [1.29, 1.82) is 0 Å². The van der Waals surface area contributed by atoms with E-state index >= 15 is 0 Å². The van der Waals surface area contributed by atoms with Crippen LogP contribution in [0.5, 0.6) is 5.75 Å².